The molecule has 7 nitrogen and oxygen atoms in total. The second kappa shape index (κ2) is 5.43. The summed E-state index contributed by atoms with van der Waals surface area (Å²) >= 11 is 0. The Labute approximate surface area is 133 Å². The fourth-order valence-electron chi connectivity index (χ4n) is 2.95. The summed E-state index contributed by atoms with van der Waals surface area (Å²) in [4.78, 5) is 6.75. The first kappa shape index (κ1) is 14.3. The fourth-order valence-corrected chi connectivity index (χ4v) is 2.95. The van der Waals surface area contributed by atoms with Gasteiger partial charge in [0.15, 0.2) is 0 Å². The Morgan fingerprint density at radius 3 is 2.96 bits per heavy atom. The molecule has 0 saturated carbocycles. The first-order valence-electron chi connectivity index (χ1n) is 7.71. The van der Waals surface area contributed by atoms with Crippen LogP contribution in [0.2, 0.25) is 0 Å². The van der Waals surface area contributed by atoms with Gasteiger partial charge in [0.1, 0.15) is 17.4 Å². The topological polar surface area (TPSA) is 68.7 Å². The first-order valence-corrected chi connectivity index (χ1v) is 7.71. The van der Waals surface area contributed by atoms with E-state index in [-0.39, 0.29) is 12.2 Å². The molecule has 120 valence electrons. The van der Waals surface area contributed by atoms with E-state index in [1.165, 1.54) is 0 Å². The number of nitrogens with zero attached hydrogens (tertiary/aromatic N) is 5. The highest BCUT2D eigenvalue weighted by Crippen LogP contribution is 2.26. The van der Waals surface area contributed by atoms with Gasteiger partial charge < -0.3 is 18.5 Å². The Balaban J connectivity index is 1.63. The first-order chi connectivity index (χ1) is 11.1. The summed E-state index contributed by atoms with van der Waals surface area (Å²) < 4.78 is 13.7. The van der Waals surface area contributed by atoms with Crippen molar-refractivity contribution in [1.82, 2.24) is 24.5 Å². The van der Waals surface area contributed by atoms with E-state index in [1.807, 2.05) is 42.8 Å². The Hall–Kier alpha value is -2.25. The summed E-state index contributed by atoms with van der Waals surface area (Å²) in [5, 5.41) is 8.29. The molecule has 1 saturated heterocycles. The molecule has 0 amide bonds. The van der Waals surface area contributed by atoms with Gasteiger partial charge in [-0.3, -0.25) is 0 Å². The maximum atomic E-state index is 5.90. The molecule has 1 fully saturated rings. The van der Waals surface area contributed by atoms with Crippen molar-refractivity contribution in [2.75, 3.05) is 20.1 Å². The number of ether oxygens (including phenoxy) is 1. The van der Waals surface area contributed by atoms with Gasteiger partial charge in [-0.15, -0.1) is 10.2 Å². The molecule has 0 aromatic carbocycles. The van der Waals surface area contributed by atoms with Gasteiger partial charge in [0.25, 0.3) is 5.89 Å². The highest BCUT2D eigenvalue weighted by molar-refractivity contribution is 5.54. The third kappa shape index (κ3) is 2.73. The zero-order valence-electron chi connectivity index (χ0n) is 13.4. The number of aryl methyl sites for hydroxylation is 1. The zero-order chi connectivity index (χ0) is 16.0. The van der Waals surface area contributed by atoms with Crippen molar-refractivity contribution >= 4 is 5.65 Å². The van der Waals surface area contributed by atoms with Crippen LogP contribution in [0.25, 0.3) is 17.2 Å². The molecule has 0 spiro atoms. The van der Waals surface area contributed by atoms with E-state index >= 15 is 0 Å². The average Bonchev–Trinajstić information content (AvgIpc) is 3.12. The Bertz CT molecular complexity index is 830. The van der Waals surface area contributed by atoms with Crippen LogP contribution < -0.4 is 0 Å². The minimum Gasteiger partial charge on any atom is -0.416 e. The fraction of sp³-hybridized carbons (Fsp3) is 0.438. The van der Waals surface area contributed by atoms with Gasteiger partial charge in [-0.1, -0.05) is 0 Å². The van der Waals surface area contributed by atoms with Crippen molar-refractivity contribution in [3.8, 4) is 11.6 Å². The van der Waals surface area contributed by atoms with Crippen LogP contribution in [0.3, 0.4) is 0 Å². The summed E-state index contributed by atoms with van der Waals surface area (Å²) in [6.45, 7) is 5.74. The molecule has 7 heteroatoms. The molecule has 0 unspecified atom stereocenters. The molecule has 1 aliphatic rings. The number of imidazole rings is 1. The Morgan fingerprint density at radius 1 is 1.26 bits per heavy atom. The van der Waals surface area contributed by atoms with E-state index in [1.54, 1.807) is 0 Å². The van der Waals surface area contributed by atoms with Gasteiger partial charge >= 0.3 is 0 Å². The lowest BCUT2D eigenvalue weighted by Gasteiger charge is -2.32. The van der Waals surface area contributed by atoms with Gasteiger partial charge in [0.05, 0.1) is 6.10 Å². The molecule has 1 aliphatic heterocycles. The van der Waals surface area contributed by atoms with E-state index < -0.39 is 0 Å². The van der Waals surface area contributed by atoms with Gasteiger partial charge in [-0.2, -0.15) is 0 Å². The number of aromatic nitrogens is 4. The number of fused-ring (bicyclic) bond motifs is 1. The van der Waals surface area contributed by atoms with E-state index in [0.29, 0.717) is 17.5 Å². The maximum absolute atomic E-state index is 5.90. The quantitative estimate of drug-likeness (QED) is 0.721. The molecular formula is C16H19N5O2. The lowest BCUT2D eigenvalue weighted by atomic mass is 10.2. The lowest BCUT2D eigenvalue weighted by Crippen LogP contribution is -2.40. The van der Waals surface area contributed by atoms with Crippen molar-refractivity contribution in [2.24, 2.45) is 0 Å². The molecule has 23 heavy (non-hydrogen) atoms. The molecule has 3 aromatic heterocycles. The smallest absolute Gasteiger partial charge is 0.268 e. The van der Waals surface area contributed by atoms with Crippen molar-refractivity contribution in [2.45, 2.75) is 26.1 Å². The van der Waals surface area contributed by atoms with Gasteiger partial charge in [-0.25, -0.2) is 4.98 Å². The highest BCUT2D eigenvalue weighted by Gasteiger charge is 2.29. The van der Waals surface area contributed by atoms with Crippen LogP contribution in [-0.2, 0) is 4.74 Å². The monoisotopic (exact) mass is 313 g/mol. The number of likely N-dealkylation sites (N-methyl/N-ethyl adjacent to an activating group) is 1. The minimum absolute atomic E-state index is 0.146. The molecule has 0 radical (unpaired) electrons. The van der Waals surface area contributed by atoms with Crippen molar-refractivity contribution in [3.63, 3.8) is 0 Å². The van der Waals surface area contributed by atoms with Crippen LogP contribution >= 0.6 is 0 Å². The summed E-state index contributed by atoms with van der Waals surface area (Å²) in [5.41, 5.74) is 2.70. The Morgan fingerprint density at radius 2 is 2.13 bits per heavy atom. The van der Waals surface area contributed by atoms with Crippen LogP contribution in [-0.4, -0.2) is 50.7 Å². The van der Waals surface area contributed by atoms with Crippen LogP contribution in [0.15, 0.2) is 28.9 Å². The number of pyridine rings is 1. The summed E-state index contributed by atoms with van der Waals surface area (Å²) in [6, 6.07) is 4.05. The third-order valence-electron chi connectivity index (χ3n) is 3.99. The molecular weight excluding hydrogens is 294 g/mol. The lowest BCUT2D eigenvalue weighted by molar-refractivity contribution is -0.0821. The standard InChI is InChI=1S/C16H19N5O2/c1-10-4-5-21-8-12(17-14(21)6-10)15-18-19-16(23-15)13-9-20(3)7-11(2)22-13/h4-6,8,11,13H,7,9H2,1-3H3/t11-,13-/m1/s1. The summed E-state index contributed by atoms with van der Waals surface area (Å²) in [7, 11) is 2.06. The molecule has 0 aliphatic carbocycles. The number of hydrogen-bond acceptors (Lipinski definition) is 6. The number of hydrogen-bond donors (Lipinski definition) is 0. The maximum Gasteiger partial charge on any atom is 0.268 e. The minimum atomic E-state index is -0.190. The number of morpholine rings is 1. The van der Waals surface area contributed by atoms with Crippen LogP contribution in [0.1, 0.15) is 24.5 Å². The highest BCUT2D eigenvalue weighted by atomic mass is 16.5. The second-order valence-corrected chi connectivity index (χ2v) is 6.20. The molecule has 2 atom stereocenters. The zero-order valence-corrected chi connectivity index (χ0v) is 13.4. The van der Waals surface area contributed by atoms with Crippen LogP contribution in [0, 0.1) is 6.92 Å². The van der Waals surface area contributed by atoms with Gasteiger partial charge in [0.2, 0.25) is 5.89 Å². The van der Waals surface area contributed by atoms with E-state index in [0.717, 1.165) is 24.3 Å². The predicted octanol–water partition coefficient (Wildman–Crippen LogP) is 2.08. The normalized spacial score (nSPS) is 22.7. The van der Waals surface area contributed by atoms with Gasteiger partial charge in [-0.05, 0) is 38.6 Å². The number of rotatable bonds is 2. The van der Waals surface area contributed by atoms with E-state index in [9.17, 15) is 0 Å². The second-order valence-electron chi connectivity index (χ2n) is 6.20. The Kier molecular flexibility index (Phi) is 3.39. The summed E-state index contributed by atoms with van der Waals surface area (Å²) in [5.74, 6) is 0.928. The SMILES string of the molecule is Cc1ccn2cc(-c3nnc([C@H]4CN(C)C[C@@H](C)O4)o3)nc2c1. The molecule has 0 N–H and O–H groups in total. The average molecular weight is 313 g/mol. The van der Waals surface area contributed by atoms with Crippen molar-refractivity contribution < 1.29 is 9.15 Å². The largest absolute Gasteiger partial charge is 0.416 e. The molecule has 4 rings (SSSR count). The molecule has 4 heterocycles. The van der Waals surface area contributed by atoms with Crippen molar-refractivity contribution in [3.05, 3.63) is 36.0 Å². The van der Waals surface area contributed by atoms with Crippen molar-refractivity contribution in [1.29, 1.82) is 0 Å². The van der Waals surface area contributed by atoms with Gasteiger partial charge in [0, 0.05) is 25.5 Å². The molecule has 3 aromatic rings. The summed E-state index contributed by atoms with van der Waals surface area (Å²) in [6.07, 6.45) is 3.82. The van der Waals surface area contributed by atoms with E-state index in [2.05, 4.69) is 27.1 Å². The van der Waals surface area contributed by atoms with Crippen LogP contribution in [0.4, 0.5) is 0 Å². The molecule has 0 bridgehead atoms. The van der Waals surface area contributed by atoms with Crippen LogP contribution in [0.5, 0.6) is 0 Å². The third-order valence-corrected chi connectivity index (χ3v) is 3.99. The van der Waals surface area contributed by atoms with E-state index in [4.69, 9.17) is 9.15 Å². The predicted molar refractivity (Wildman–Crippen MR) is 84.0 cm³/mol.